The molecule has 0 amide bonds. The number of benzene rings is 1. The molecule has 2 rings (SSSR count). The van der Waals surface area contributed by atoms with Gasteiger partial charge in [-0.1, -0.05) is 6.07 Å². The van der Waals surface area contributed by atoms with Crippen LogP contribution in [0.5, 0.6) is 0 Å². The normalized spacial score (nSPS) is 18.0. The molecule has 1 saturated heterocycles. The Labute approximate surface area is 135 Å². The molecular formula is C14H22BrN3O2S. The second-order valence-electron chi connectivity index (χ2n) is 5.49. The average molecular weight is 376 g/mol. The van der Waals surface area contributed by atoms with Gasteiger partial charge in [-0.05, 0) is 73.7 Å². The van der Waals surface area contributed by atoms with Crippen molar-refractivity contribution in [1.29, 1.82) is 0 Å². The van der Waals surface area contributed by atoms with E-state index in [1.54, 1.807) is 6.07 Å². The lowest BCUT2D eigenvalue weighted by Crippen LogP contribution is -2.43. The molecule has 1 aromatic carbocycles. The van der Waals surface area contributed by atoms with Crippen LogP contribution in [0.25, 0.3) is 0 Å². The quantitative estimate of drug-likeness (QED) is 0.819. The van der Waals surface area contributed by atoms with Gasteiger partial charge in [-0.2, -0.15) is 0 Å². The molecule has 1 heterocycles. The first-order chi connectivity index (χ1) is 9.92. The second-order valence-corrected chi connectivity index (χ2v) is 8.03. The predicted molar refractivity (Wildman–Crippen MR) is 87.7 cm³/mol. The van der Waals surface area contributed by atoms with Crippen molar-refractivity contribution in [2.75, 3.05) is 27.2 Å². The molecule has 0 aliphatic carbocycles. The fourth-order valence-electron chi connectivity index (χ4n) is 2.49. The molecule has 1 fully saturated rings. The summed E-state index contributed by atoms with van der Waals surface area (Å²) in [5, 5.41) is 3.05. The van der Waals surface area contributed by atoms with E-state index in [4.69, 9.17) is 0 Å². The summed E-state index contributed by atoms with van der Waals surface area (Å²) in [6.45, 7) is 2.56. The lowest BCUT2D eigenvalue weighted by atomic mass is 10.1. The average Bonchev–Trinajstić information content (AvgIpc) is 2.41. The van der Waals surface area contributed by atoms with Crippen LogP contribution in [0.15, 0.2) is 27.6 Å². The van der Waals surface area contributed by atoms with Crippen LogP contribution in [0.4, 0.5) is 0 Å². The highest BCUT2D eigenvalue weighted by atomic mass is 79.9. The summed E-state index contributed by atoms with van der Waals surface area (Å²) < 4.78 is 28.4. The third kappa shape index (κ3) is 4.50. The van der Waals surface area contributed by atoms with Crippen LogP contribution in [0.1, 0.15) is 18.4 Å². The van der Waals surface area contributed by atoms with Gasteiger partial charge in [0.25, 0.3) is 0 Å². The van der Waals surface area contributed by atoms with Crippen molar-refractivity contribution in [3.8, 4) is 0 Å². The maximum Gasteiger partial charge on any atom is 0.241 e. The summed E-state index contributed by atoms with van der Waals surface area (Å²) in [5.74, 6) is 0. The summed E-state index contributed by atoms with van der Waals surface area (Å²) in [6.07, 6.45) is 1.70. The number of sulfonamides is 1. The molecule has 7 heteroatoms. The number of rotatable bonds is 5. The molecule has 1 aliphatic heterocycles. The van der Waals surface area contributed by atoms with Gasteiger partial charge in [-0.25, -0.2) is 13.1 Å². The molecule has 0 atom stereocenters. The second kappa shape index (κ2) is 7.19. The molecule has 118 valence electrons. The molecule has 0 bridgehead atoms. The Morgan fingerprint density at radius 1 is 1.33 bits per heavy atom. The topological polar surface area (TPSA) is 61.4 Å². The van der Waals surface area contributed by atoms with Gasteiger partial charge in [0.2, 0.25) is 10.0 Å². The van der Waals surface area contributed by atoms with Crippen LogP contribution in [-0.2, 0) is 16.6 Å². The summed E-state index contributed by atoms with van der Waals surface area (Å²) >= 11 is 3.37. The van der Waals surface area contributed by atoms with Crippen molar-refractivity contribution in [1.82, 2.24) is 14.9 Å². The number of hydrogen-bond acceptors (Lipinski definition) is 4. The SMILES string of the molecule is CNCc1ccc(S(=O)(=O)NC2CCN(C)CC2)c(Br)c1. The molecule has 2 N–H and O–H groups in total. The van der Waals surface area contributed by atoms with Crippen LogP contribution < -0.4 is 10.0 Å². The highest BCUT2D eigenvalue weighted by Crippen LogP contribution is 2.24. The zero-order chi connectivity index (χ0) is 15.5. The minimum absolute atomic E-state index is 0.0232. The Morgan fingerprint density at radius 3 is 2.57 bits per heavy atom. The van der Waals surface area contributed by atoms with Gasteiger partial charge < -0.3 is 10.2 Å². The predicted octanol–water partition coefficient (Wildman–Crippen LogP) is 1.54. The van der Waals surface area contributed by atoms with Crippen molar-refractivity contribution < 1.29 is 8.42 Å². The number of nitrogens with zero attached hydrogens (tertiary/aromatic N) is 1. The van der Waals surface area contributed by atoms with E-state index in [9.17, 15) is 8.42 Å². The van der Waals surface area contributed by atoms with Crippen LogP contribution in [0.3, 0.4) is 0 Å². The van der Waals surface area contributed by atoms with Gasteiger partial charge in [0, 0.05) is 17.1 Å². The third-order valence-electron chi connectivity index (χ3n) is 3.71. The first-order valence-electron chi connectivity index (χ1n) is 7.06. The monoisotopic (exact) mass is 375 g/mol. The number of halogens is 1. The minimum Gasteiger partial charge on any atom is -0.316 e. The standard InChI is InChI=1S/C14H22BrN3O2S/c1-16-10-11-3-4-14(13(15)9-11)21(19,20)17-12-5-7-18(2)8-6-12/h3-4,9,12,16-17H,5-8,10H2,1-2H3. The van der Waals surface area contributed by atoms with E-state index in [1.807, 2.05) is 19.2 Å². The molecule has 0 unspecified atom stereocenters. The van der Waals surface area contributed by atoms with E-state index in [0.29, 0.717) is 15.9 Å². The van der Waals surface area contributed by atoms with Crippen molar-refractivity contribution in [3.63, 3.8) is 0 Å². The molecule has 0 saturated carbocycles. The highest BCUT2D eigenvalue weighted by molar-refractivity contribution is 9.10. The molecule has 1 aliphatic rings. The largest absolute Gasteiger partial charge is 0.316 e. The third-order valence-corrected chi connectivity index (χ3v) is 6.20. The van der Waals surface area contributed by atoms with Crippen LogP contribution >= 0.6 is 15.9 Å². The Balaban J connectivity index is 2.12. The summed E-state index contributed by atoms with van der Waals surface area (Å²) in [5.41, 5.74) is 1.04. The number of piperidine rings is 1. The maximum atomic E-state index is 12.5. The van der Waals surface area contributed by atoms with Crippen LogP contribution in [-0.4, -0.2) is 46.5 Å². The molecule has 0 radical (unpaired) electrons. The molecule has 0 aromatic heterocycles. The van der Waals surface area contributed by atoms with E-state index in [-0.39, 0.29) is 6.04 Å². The van der Waals surface area contributed by atoms with Crippen LogP contribution in [0, 0.1) is 0 Å². The van der Waals surface area contributed by atoms with E-state index < -0.39 is 10.0 Å². The molecule has 0 spiro atoms. The first-order valence-corrected chi connectivity index (χ1v) is 9.34. The molecule has 21 heavy (non-hydrogen) atoms. The van der Waals surface area contributed by atoms with Gasteiger partial charge in [0.05, 0.1) is 4.90 Å². The first kappa shape index (κ1) is 16.9. The Hall–Kier alpha value is -0.470. The fraction of sp³-hybridized carbons (Fsp3) is 0.571. The van der Waals surface area contributed by atoms with Gasteiger partial charge >= 0.3 is 0 Å². The number of nitrogens with one attached hydrogen (secondary N) is 2. The summed E-state index contributed by atoms with van der Waals surface area (Å²) in [4.78, 5) is 2.52. The van der Waals surface area contributed by atoms with Gasteiger partial charge in [-0.15, -0.1) is 0 Å². The smallest absolute Gasteiger partial charge is 0.241 e. The molecule has 5 nitrogen and oxygen atoms in total. The van der Waals surface area contributed by atoms with Crippen molar-refractivity contribution in [2.24, 2.45) is 0 Å². The Morgan fingerprint density at radius 2 is 2.00 bits per heavy atom. The van der Waals surface area contributed by atoms with E-state index in [0.717, 1.165) is 31.5 Å². The summed E-state index contributed by atoms with van der Waals surface area (Å²) in [7, 11) is 0.443. The Kier molecular flexibility index (Phi) is 5.79. The maximum absolute atomic E-state index is 12.5. The minimum atomic E-state index is -3.48. The van der Waals surface area contributed by atoms with Crippen molar-refractivity contribution in [3.05, 3.63) is 28.2 Å². The highest BCUT2D eigenvalue weighted by Gasteiger charge is 2.24. The molecular weight excluding hydrogens is 354 g/mol. The number of hydrogen-bond donors (Lipinski definition) is 2. The van der Waals surface area contributed by atoms with Crippen LogP contribution in [0.2, 0.25) is 0 Å². The zero-order valence-corrected chi connectivity index (χ0v) is 14.8. The van der Waals surface area contributed by atoms with Gasteiger partial charge in [0.15, 0.2) is 0 Å². The Bertz CT molecular complexity index is 584. The number of likely N-dealkylation sites (tertiary alicyclic amines) is 1. The zero-order valence-electron chi connectivity index (χ0n) is 12.4. The fourth-order valence-corrected chi connectivity index (χ4v) is 4.92. The van der Waals surface area contributed by atoms with E-state index in [1.165, 1.54) is 0 Å². The van der Waals surface area contributed by atoms with E-state index in [2.05, 4.69) is 37.9 Å². The molecule has 1 aromatic rings. The van der Waals surface area contributed by atoms with Crippen molar-refractivity contribution >= 4 is 26.0 Å². The summed E-state index contributed by atoms with van der Waals surface area (Å²) in [6, 6.07) is 5.37. The lowest BCUT2D eigenvalue weighted by molar-refractivity contribution is 0.248. The van der Waals surface area contributed by atoms with E-state index >= 15 is 0 Å². The van der Waals surface area contributed by atoms with Crippen molar-refractivity contribution in [2.45, 2.75) is 30.3 Å². The lowest BCUT2D eigenvalue weighted by Gasteiger charge is -2.29. The van der Waals surface area contributed by atoms with Gasteiger partial charge in [-0.3, -0.25) is 0 Å². The van der Waals surface area contributed by atoms with Gasteiger partial charge in [0.1, 0.15) is 0 Å².